The van der Waals surface area contributed by atoms with Crippen molar-refractivity contribution in [2.45, 2.75) is 6.42 Å². The van der Waals surface area contributed by atoms with Crippen molar-refractivity contribution in [3.63, 3.8) is 0 Å². The number of ether oxygens (including phenoxy) is 4. The highest BCUT2D eigenvalue weighted by atomic mass is 16.5. The molecular formula is C19H21NO4. The van der Waals surface area contributed by atoms with E-state index in [9.17, 15) is 0 Å². The second-order valence-corrected chi connectivity index (χ2v) is 5.44. The zero-order chi connectivity index (χ0) is 17.1. The van der Waals surface area contributed by atoms with Crippen LogP contribution in [0, 0.1) is 0 Å². The Balaban J connectivity index is 1.99. The lowest BCUT2D eigenvalue weighted by Crippen LogP contribution is -1.97. The standard InChI is InChI=1S/C19H21NO4/c1-21-14-5-6-15-13(11-20-16(15)10-14)7-12-8-17(22-2)19(24-4)18(9-12)23-3/h5-6,8-11,20H,7H2,1-4H3. The van der Waals surface area contributed by atoms with Crippen molar-refractivity contribution in [1.82, 2.24) is 4.98 Å². The molecule has 3 rings (SSSR count). The lowest BCUT2D eigenvalue weighted by molar-refractivity contribution is 0.324. The molecule has 1 N–H and O–H groups in total. The van der Waals surface area contributed by atoms with Gasteiger partial charge in [-0.25, -0.2) is 0 Å². The fourth-order valence-electron chi connectivity index (χ4n) is 2.90. The molecule has 0 spiro atoms. The zero-order valence-corrected chi connectivity index (χ0v) is 14.3. The maximum absolute atomic E-state index is 5.43. The summed E-state index contributed by atoms with van der Waals surface area (Å²) in [6.07, 6.45) is 2.77. The van der Waals surface area contributed by atoms with Crippen LogP contribution in [-0.2, 0) is 6.42 Å². The summed E-state index contributed by atoms with van der Waals surface area (Å²) in [6, 6.07) is 9.98. The van der Waals surface area contributed by atoms with Crippen molar-refractivity contribution < 1.29 is 18.9 Å². The highest BCUT2D eigenvalue weighted by Gasteiger charge is 2.14. The van der Waals surface area contributed by atoms with Gasteiger partial charge in [0.25, 0.3) is 0 Å². The minimum absolute atomic E-state index is 0.604. The molecule has 0 fully saturated rings. The van der Waals surface area contributed by atoms with Gasteiger partial charge in [0.15, 0.2) is 11.5 Å². The highest BCUT2D eigenvalue weighted by molar-refractivity contribution is 5.84. The van der Waals surface area contributed by atoms with Crippen molar-refractivity contribution in [2.24, 2.45) is 0 Å². The monoisotopic (exact) mass is 327 g/mol. The maximum Gasteiger partial charge on any atom is 0.203 e. The van der Waals surface area contributed by atoms with Crippen LogP contribution in [0.3, 0.4) is 0 Å². The molecule has 1 heterocycles. The Labute approximate surface area is 141 Å². The maximum atomic E-state index is 5.43. The molecule has 0 bridgehead atoms. The van der Waals surface area contributed by atoms with E-state index in [0.29, 0.717) is 17.2 Å². The SMILES string of the molecule is COc1ccc2c(Cc3cc(OC)c(OC)c(OC)c3)c[nH]c2c1. The number of H-pyrrole nitrogens is 1. The van der Waals surface area contributed by atoms with E-state index in [-0.39, 0.29) is 0 Å². The largest absolute Gasteiger partial charge is 0.497 e. The van der Waals surface area contributed by atoms with Gasteiger partial charge in [-0.3, -0.25) is 0 Å². The molecule has 2 aromatic carbocycles. The smallest absolute Gasteiger partial charge is 0.203 e. The summed E-state index contributed by atoms with van der Waals surface area (Å²) in [5.41, 5.74) is 3.33. The number of hydrogen-bond donors (Lipinski definition) is 1. The van der Waals surface area contributed by atoms with E-state index in [1.807, 2.05) is 30.5 Å². The third-order valence-electron chi connectivity index (χ3n) is 4.09. The number of aromatic amines is 1. The third-order valence-corrected chi connectivity index (χ3v) is 4.09. The van der Waals surface area contributed by atoms with E-state index in [2.05, 4.69) is 11.1 Å². The minimum Gasteiger partial charge on any atom is -0.497 e. The molecule has 0 radical (unpaired) electrons. The number of rotatable bonds is 6. The van der Waals surface area contributed by atoms with Gasteiger partial charge < -0.3 is 23.9 Å². The molecule has 3 aromatic rings. The van der Waals surface area contributed by atoms with Crippen molar-refractivity contribution >= 4 is 10.9 Å². The van der Waals surface area contributed by atoms with E-state index >= 15 is 0 Å². The normalized spacial score (nSPS) is 10.7. The first-order chi connectivity index (χ1) is 11.7. The predicted molar refractivity (Wildman–Crippen MR) is 93.8 cm³/mol. The summed E-state index contributed by atoms with van der Waals surface area (Å²) in [5, 5.41) is 1.17. The lowest BCUT2D eigenvalue weighted by atomic mass is 10.0. The van der Waals surface area contributed by atoms with Gasteiger partial charge in [0, 0.05) is 23.2 Å². The van der Waals surface area contributed by atoms with Gasteiger partial charge in [0.2, 0.25) is 5.75 Å². The Kier molecular flexibility index (Phi) is 4.51. The molecule has 126 valence electrons. The number of aromatic nitrogens is 1. The molecule has 5 nitrogen and oxygen atoms in total. The Morgan fingerprint density at radius 3 is 2.12 bits per heavy atom. The fourth-order valence-corrected chi connectivity index (χ4v) is 2.90. The summed E-state index contributed by atoms with van der Waals surface area (Å²) in [7, 11) is 6.52. The van der Waals surface area contributed by atoms with Gasteiger partial charge in [0.1, 0.15) is 5.75 Å². The molecule has 0 aliphatic carbocycles. The molecule has 0 aliphatic rings. The summed E-state index contributed by atoms with van der Waals surface area (Å²) in [6.45, 7) is 0. The Morgan fingerprint density at radius 2 is 1.54 bits per heavy atom. The topological polar surface area (TPSA) is 52.7 Å². The van der Waals surface area contributed by atoms with E-state index in [1.165, 1.54) is 10.9 Å². The fraction of sp³-hybridized carbons (Fsp3) is 0.263. The summed E-state index contributed by atoms with van der Waals surface area (Å²) in [4.78, 5) is 3.30. The molecule has 24 heavy (non-hydrogen) atoms. The number of benzene rings is 2. The Hall–Kier alpha value is -2.82. The Morgan fingerprint density at radius 1 is 0.833 bits per heavy atom. The van der Waals surface area contributed by atoms with Crippen LogP contribution in [-0.4, -0.2) is 33.4 Å². The number of fused-ring (bicyclic) bond motifs is 1. The molecule has 0 aliphatic heterocycles. The number of nitrogens with one attached hydrogen (secondary N) is 1. The second kappa shape index (κ2) is 6.74. The van der Waals surface area contributed by atoms with E-state index in [1.54, 1.807) is 28.4 Å². The summed E-state index contributed by atoms with van der Waals surface area (Å²) < 4.78 is 21.5. The van der Waals surface area contributed by atoms with Crippen LogP contribution in [0.1, 0.15) is 11.1 Å². The molecule has 0 amide bonds. The third kappa shape index (κ3) is 2.85. The van der Waals surface area contributed by atoms with Gasteiger partial charge >= 0.3 is 0 Å². The van der Waals surface area contributed by atoms with Gasteiger partial charge in [-0.15, -0.1) is 0 Å². The average Bonchev–Trinajstić information content (AvgIpc) is 3.02. The van der Waals surface area contributed by atoms with Crippen molar-refractivity contribution in [3.05, 3.63) is 47.7 Å². The first-order valence-corrected chi connectivity index (χ1v) is 7.63. The summed E-state index contributed by atoms with van der Waals surface area (Å²) >= 11 is 0. The van der Waals surface area contributed by atoms with Crippen LogP contribution in [0.15, 0.2) is 36.5 Å². The van der Waals surface area contributed by atoms with Crippen molar-refractivity contribution in [2.75, 3.05) is 28.4 Å². The average molecular weight is 327 g/mol. The predicted octanol–water partition coefficient (Wildman–Crippen LogP) is 3.79. The Bertz CT molecular complexity index is 829. The van der Waals surface area contributed by atoms with E-state index in [4.69, 9.17) is 18.9 Å². The zero-order valence-electron chi connectivity index (χ0n) is 14.3. The van der Waals surface area contributed by atoms with Crippen LogP contribution in [0.4, 0.5) is 0 Å². The quantitative estimate of drug-likeness (QED) is 0.748. The van der Waals surface area contributed by atoms with Crippen molar-refractivity contribution in [1.29, 1.82) is 0 Å². The van der Waals surface area contributed by atoms with Crippen LogP contribution in [0.2, 0.25) is 0 Å². The van der Waals surface area contributed by atoms with Crippen LogP contribution in [0.25, 0.3) is 10.9 Å². The van der Waals surface area contributed by atoms with E-state index in [0.717, 1.165) is 23.3 Å². The number of methoxy groups -OCH3 is 4. The van der Waals surface area contributed by atoms with Crippen molar-refractivity contribution in [3.8, 4) is 23.0 Å². The first kappa shape index (κ1) is 16.1. The molecule has 5 heteroatoms. The molecule has 0 unspecified atom stereocenters. The van der Waals surface area contributed by atoms with Gasteiger partial charge in [-0.2, -0.15) is 0 Å². The summed E-state index contributed by atoms with van der Waals surface area (Å²) in [5.74, 6) is 2.76. The molecule has 0 atom stereocenters. The molecule has 0 saturated heterocycles. The molecule has 1 aromatic heterocycles. The van der Waals surface area contributed by atoms with Crippen LogP contribution >= 0.6 is 0 Å². The second-order valence-electron chi connectivity index (χ2n) is 5.44. The lowest BCUT2D eigenvalue weighted by Gasteiger charge is -2.14. The molecular weight excluding hydrogens is 306 g/mol. The van der Waals surface area contributed by atoms with Crippen LogP contribution < -0.4 is 18.9 Å². The van der Waals surface area contributed by atoms with E-state index < -0.39 is 0 Å². The number of hydrogen-bond acceptors (Lipinski definition) is 4. The first-order valence-electron chi connectivity index (χ1n) is 7.63. The highest BCUT2D eigenvalue weighted by Crippen LogP contribution is 2.39. The van der Waals surface area contributed by atoms with Gasteiger partial charge in [-0.05, 0) is 41.8 Å². The molecule has 0 saturated carbocycles. The minimum atomic E-state index is 0.604. The van der Waals surface area contributed by atoms with Gasteiger partial charge in [0.05, 0.1) is 28.4 Å². The van der Waals surface area contributed by atoms with Gasteiger partial charge in [-0.1, -0.05) is 0 Å². The van der Waals surface area contributed by atoms with Crippen LogP contribution in [0.5, 0.6) is 23.0 Å².